The van der Waals surface area contributed by atoms with Gasteiger partial charge in [-0.2, -0.15) is 4.37 Å². The molecule has 3 aromatic rings. The van der Waals surface area contributed by atoms with Crippen molar-refractivity contribution in [3.05, 3.63) is 70.8 Å². The van der Waals surface area contributed by atoms with Gasteiger partial charge in [0.25, 0.3) is 0 Å². The number of para-hydroxylation sites is 1. The zero-order valence-corrected chi connectivity index (χ0v) is 19.8. The largest absolute Gasteiger partial charge is 0.344 e. The molecule has 2 N–H and O–H groups in total. The average molecular weight is 469 g/mol. The van der Waals surface area contributed by atoms with Crippen LogP contribution in [-0.2, 0) is 6.42 Å². The minimum absolute atomic E-state index is 0.173. The van der Waals surface area contributed by atoms with Crippen molar-refractivity contribution >= 4 is 28.4 Å². The molecule has 4 rings (SSSR count). The predicted molar refractivity (Wildman–Crippen MR) is 131 cm³/mol. The highest BCUT2D eigenvalue weighted by molar-refractivity contribution is 7.09. The minimum Gasteiger partial charge on any atom is -0.344 e. The first kappa shape index (κ1) is 23.1. The number of hydrogen-bond donors (Lipinski definition) is 2. The number of amides is 2. The van der Waals surface area contributed by atoms with Gasteiger partial charge in [-0.15, -0.1) is 0 Å². The van der Waals surface area contributed by atoms with E-state index in [1.54, 1.807) is 12.1 Å². The molecule has 1 saturated heterocycles. The molecule has 1 fully saturated rings. The maximum Gasteiger partial charge on any atom is 0.319 e. The Hall–Kier alpha value is -3.04. The molecule has 9 heteroatoms. The van der Waals surface area contributed by atoms with E-state index in [0.717, 1.165) is 66.1 Å². The van der Waals surface area contributed by atoms with Gasteiger partial charge in [0.15, 0.2) is 0 Å². The number of nitrogens with zero attached hydrogens (tertiary/aromatic N) is 4. The average Bonchev–Trinajstić information content (AvgIpc) is 3.27. The number of rotatable bonds is 7. The quantitative estimate of drug-likeness (QED) is 0.551. The molecule has 2 aromatic carbocycles. The van der Waals surface area contributed by atoms with Gasteiger partial charge >= 0.3 is 6.03 Å². The summed E-state index contributed by atoms with van der Waals surface area (Å²) in [6, 6.07) is 12.3. The maximum absolute atomic E-state index is 13.1. The zero-order chi connectivity index (χ0) is 23.2. The van der Waals surface area contributed by atoms with Crippen LogP contribution in [0.15, 0.2) is 42.5 Å². The summed E-state index contributed by atoms with van der Waals surface area (Å²) in [5.74, 6) is 0.531. The molecule has 2 heterocycles. The lowest BCUT2D eigenvalue weighted by Crippen LogP contribution is -2.48. The third kappa shape index (κ3) is 6.27. The van der Waals surface area contributed by atoms with E-state index in [0.29, 0.717) is 13.0 Å². The number of carbonyl (C=O) groups excluding carboxylic acids is 1. The normalized spacial score (nSPS) is 14.3. The lowest BCUT2D eigenvalue weighted by Gasteiger charge is -2.34. The second-order valence-electron chi connectivity index (χ2n) is 8.27. The van der Waals surface area contributed by atoms with Crippen LogP contribution in [0.3, 0.4) is 0 Å². The first-order chi connectivity index (χ1) is 16.0. The molecule has 33 heavy (non-hydrogen) atoms. The summed E-state index contributed by atoms with van der Waals surface area (Å²) >= 11 is 1.41. The topological polar surface area (TPSA) is 73.4 Å². The Morgan fingerprint density at radius 1 is 1.06 bits per heavy atom. The fourth-order valence-corrected chi connectivity index (χ4v) is 4.63. The minimum atomic E-state index is -0.235. The molecule has 0 spiro atoms. The maximum atomic E-state index is 13.1. The number of halogens is 1. The van der Waals surface area contributed by atoms with Crippen molar-refractivity contribution in [2.45, 2.75) is 20.3 Å². The van der Waals surface area contributed by atoms with E-state index in [-0.39, 0.29) is 11.8 Å². The van der Waals surface area contributed by atoms with Crippen molar-refractivity contribution < 1.29 is 9.18 Å². The van der Waals surface area contributed by atoms with Gasteiger partial charge in [-0.25, -0.2) is 14.2 Å². The van der Waals surface area contributed by atoms with Crippen LogP contribution in [0.25, 0.3) is 0 Å². The number of benzene rings is 2. The standard InChI is InChI=1S/C24H29FN6OS/c1-17-4-3-5-18(2)22(17)28-23(32)26-10-11-30-12-14-31(15-13-30)24-27-21(29-33-24)16-19-6-8-20(25)9-7-19/h3-9H,10-16H2,1-2H3,(H2,26,28,32). The van der Waals surface area contributed by atoms with Gasteiger partial charge in [0.1, 0.15) is 11.6 Å². The van der Waals surface area contributed by atoms with E-state index in [1.807, 2.05) is 32.0 Å². The van der Waals surface area contributed by atoms with Crippen molar-refractivity contribution in [3.63, 3.8) is 0 Å². The number of nitrogens with one attached hydrogen (secondary N) is 2. The molecule has 1 aliphatic rings. The lowest BCUT2D eigenvalue weighted by molar-refractivity contribution is 0.240. The summed E-state index contributed by atoms with van der Waals surface area (Å²) in [6.07, 6.45) is 0.604. The summed E-state index contributed by atoms with van der Waals surface area (Å²) in [5.41, 5.74) is 3.98. The molecule has 1 aromatic heterocycles. The van der Waals surface area contributed by atoms with Crippen molar-refractivity contribution in [1.29, 1.82) is 0 Å². The first-order valence-electron chi connectivity index (χ1n) is 11.1. The van der Waals surface area contributed by atoms with Crippen LogP contribution in [0.1, 0.15) is 22.5 Å². The van der Waals surface area contributed by atoms with Gasteiger partial charge in [0.2, 0.25) is 5.13 Å². The Morgan fingerprint density at radius 3 is 2.45 bits per heavy atom. The Kier molecular flexibility index (Phi) is 7.51. The number of aryl methyl sites for hydroxylation is 2. The summed E-state index contributed by atoms with van der Waals surface area (Å²) in [7, 11) is 0. The number of hydrogen-bond acceptors (Lipinski definition) is 6. The summed E-state index contributed by atoms with van der Waals surface area (Å²) in [6.45, 7) is 8.95. The third-order valence-corrected chi connectivity index (χ3v) is 6.62. The van der Waals surface area contributed by atoms with Crippen LogP contribution in [-0.4, -0.2) is 59.6 Å². The van der Waals surface area contributed by atoms with Crippen molar-refractivity contribution in [1.82, 2.24) is 19.6 Å². The Morgan fingerprint density at radius 2 is 1.76 bits per heavy atom. The van der Waals surface area contributed by atoms with Crippen molar-refractivity contribution in [2.24, 2.45) is 0 Å². The fourth-order valence-electron chi connectivity index (χ4n) is 3.89. The molecular formula is C24H29FN6OS. The number of carbonyl (C=O) groups is 1. The summed E-state index contributed by atoms with van der Waals surface area (Å²) in [5, 5.41) is 6.84. The van der Waals surface area contributed by atoms with E-state index in [9.17, 15) is 9.18 Å². The first-order valence-corrected chi connectivity index (χ1v) is 11.9. The molecule has 2 amide bonds. The van der Waals surface area contributed by atoms with Crippen LogP contribution in [0, 0.1) is 19.7 Å². The monoisotopic (exact) mass is 468 g/mol. The highest BCUT2D eigenvalue weighted by atomic mass is 32.1. The Balaban J connectivity index is 1.18. The van der Waals surface area contributed by atoms with Crippen molar-refractivity contribution in [3.8, 4) is 0 Å². The number of urea groups is 1. The Labute approximate surface area is 197 Å². The van der Waals surface area contributed by atoms with Crippen LogP contribution < -0.4 is 15.5 Å². The summed E-state index contributed by atoms with van der Waals surface area (Å²) < 4.78 is 17.5. The van der Waals surface area contributed by atoms with Gasteiger partial charge in [-0.05, 0) is 42.7 Å². The van der Waals surface area contributed by atoms with Crippen LogP contribution in [0.4, 0.5) is 20.0 Å². The van der Waals surface area contributed by atoms with Gasteiger partial charge in [-0.1, -0.05) is 30.3 Å². The van der Waals surface area contributed by atoms with Crippen LogP contribution in [0.5, 0.6) is 0 Å². The van der Waals surface area contributed by atoms with E-state index in [4.69, 9.17) is 0 Å². The second-order valence-corrected chi connectivity index (χ2v) is 9.00. The lowest BCUT2D eigenvalue weighted by atomic mass is 10.1. The Bertz CT molecular complexity index is 1060. The SMILES string of the molecule is Cc1cccc(C)c1NC(=O)NCCN1CCN(c2nc(Cc3ccc(F)cc3)ns2)CC1. The highest BCUT2D eigenvalue weighted by Crippen LogP contribution is 2.21. The van der Waals surface area contributed by atoms with Crippen LogP contribution >= 0.6 is 11.5 Å². The smallest absolute Gasteiger partial charge is 0.319 e. The van der Waals surface area contributed by atoms with Gasteiger partial charge in [0.05, 0.1) is 0 Å². The van der Waals surface area contributed by atoms with E-state index >= 15 is 0 Å². The molecule has 0 saturated carbocycles. The highest BCUT2D eigenvalue weighted by Gasteiger charge is 2.20. The molecule has 7 nitrogen and oxygen atoms in total. The van der Waals surface area contributed by atoms with Crippen molar-refractivity contribution in [2.75, 3.05) is 49.5 Å². The number of anilines is 2. The molecule has 1 aliphatic heterocycles. The molecule has 0 bridgehead atoms. The fraction of sp³-hybridized carbons (Fsp3) is 0.375. The number of piperazine rings is 1. The molecule has 0 atom stereocenters. The zero-order valence-electron chi connectivity index (χ0n) is 19.0. The van der Waals surface area contributed by atoms with E-state index in [1.165, 1.54) is 23.7 Å². The number of aromatic nitrogens is 2. The molecule has 0 aliphatic carbocycles. The molecular weight excluding hydrogens is 439 g/mol. The molecule has 0 unspecified atom stereocenters. The molecule has 0 radical (unpaired) electrons. The van der Waals surface area contributed by atoms with Gasteiger partial charge in [-0.3, -0.25) is 4.90 Å². The summed E-state index contributed by atoms with van der Waals surface area (Å²) in [4.78, 5) is 21.5. The van der Waals surface area contributed by atoms with E-state index in [2.05, 4.69) is 29.8 Å². The predicted octanol–water partition coefficient (Wildman–Crippen LogP) is 3.83. The van der Waals surface area contributed by atoms with Crippen LogP contribution in [0.2, 0.25) is 0 Å². The van der Waals surface area contributed by atoms with Gasteiger partial charge < -0.3 is 15.5 Å². The third-order valence-electron chi connectivity index (χ3n) is 5.81. The second kappa shape index (κ2) is 10.7. The molecule has 174 valence electrons. The van der Waals surface area contributed by atoms with Gasteiger partial charge in [0, 0.05) is 62.9 Å². The van der Waals surface area contributed by atoms with E-state index < -0.39 is 0 Å².